The van der Waals surface area contributed by atoms with Gasteiger partial charge in [-0.1, -0.05) is 44.0 Å². The van der Waals surface area contributed by atoms with Crippen LogP contribution in [-0.2, 0) is 14.3 Å². The minimum Gasteiger partial charge on any atom is -0.464 e. The Hall–Kier alpha value is -1.55. The number of ether oxygens (including phenoxy) is 1. The van der Waals surface area contributed by atoms with Crippen molar-refractivity contribution in [1.29, 1.82) is 0 Å². The molecule has 5 heteroatoms. The van der Waals surface area contributed by atoms with E-state index >= 15 is 0 Å². The van der Waals surface area contributed by atoms with Crippen LogP contribution in [0.4, 0.5) is 0 Å². The van der Waals surface area contributed by atoms with Crippen molar-refractivity contribution in [3.8, 4) is 0 Å². The van der Waals surface area contributed by atoms with E-state index in [4.69, 9.17) is 16.3 Å². The van der Waals surface area contributed by atoms with Gasteiger partial charge < -0.3 is 9.64 Å². The van der Waals surface area contributed by atoms with Crippen LogP contribution in [0.25, 0.3) is 0 Å². The number of benzene rings is 1. The van der Waals surface area contributed by atoms with Gasteiger partial charge in [-0.05, 0) is 43.4 Å². The largest absolute Gasteiger partial charge is 0.464 e. The average Bonchev–Trinajstić information content (AvgIpc) is 2.58. The number of likely N-dealkylation sites (tertiary alicyclic amines) is 1. The van der Waals surface area contributed by atoms with E-state index in [0.29, 0.717) is 24.5 Å². The molecule has 1 aliphatic heterocycles. The second kappa shape index (κ2) is 9.07. The highest BCUT2D eigenvalue weighted by atomic mass is 35.5. The summed E-state index contributed by atoms with van der Waals surface area (Å²) in [7, 11) is 0. The second-order valence-corrected chi connectivity index (χ2v) is 6.64. The van der Waals surface area contributed by atoms with Gasteiger partial charge in [0.05, 0.1) is 12.6 Å². The molecule has 2 atom stereocenters. The quantitative estimate of drug-likeness (QED) is 0.536. The molecular formula is C19H26ClNO3. The monoisotopic (exact) mass is 351 g/mol. The van der Waals surface area contributed by atoms with Crippen LogP contribution in [0.15, 0.2) is 24.3 Å². The number of hydrogen-bond acceptors (Lipinski definition) is 3. The number of esters is 1. The number of carbonyl (C=O) groups excluding carboxylic acids is 2. The van der Waals surface area contributed by atoms with E-state index in [1.54, 1.807) is 4.90 Å². The molecule has 0 radical (unpaired) electrons. The standard InChI is InChI=1S/C19H26ClNO3/c1-3-5-13-24-19(23)16(4-2)21-17(7-6-8-18(21)22)14-9-11-15(20)12-10-14/h9-12,16-17H,3-8,13H2,1-2H3/t16?,17-/m0/s1. The Balaban J connectivity index is 2.21. The Morgan fingerprint density at radius 3 is 2.67 bits per heavy atom. The summed E-state index contributed by atoms with van der Waals surface area (Å²) in [5.41, 5.74) is 1.02. The number of nitrogens with zero attached hydrogens (tertiary/aromatic N) is 1. The van der Waals surface area contributed by atoms with E-state index in [1.165, 1.54) is 0 Å². The van der Waals surface area contributed by atoms with Crippen molar-refractivity contribution in [1.82, 2.24) is 4.90 Å². The molecule has 1 aromatic carbocycles. The fourth-order valence-corrected chi connectivity index (χ4v) is 3.31. The zero-order valence-corrected chi connectivity index (χ0v) is 15.2. The van der Waals surface area contributed by atoms with Gasteiger partial charge >= 0.3 is 5.97 Å². The zero-order chi connectivity index (χ0) is 17.5. The van der Waals surface area contributed by atoms with E-state index in [9.17, 15) is 9.59 Å². The average molecular weight is 352 g/mol. The molecule has 0 aliphatic carbocycles. The van der Waals surface area contributed by atoms with Gasteiger partial charge in [-0.15, -0.1) is 0 Å². The summed E-state index contributed by atoms with van der Waals surface area (Å²) < 4.78 is 5.39. The smallest absolute Gasteiger partial charge is 0.328 e. The Bertz CT molecular complexity index is 558. The molecular weight excluding hydrogens is 326 g/mol. The van der Waals surface area contributed by atoms with Crippen molar-refractivity contribution in [2.24, 2.45) is 0 Å². The first-order valence-electron chi connectivity index (χ1n) is 8.81. The first kappa shape index (κ1) is 18.8. The maximum Gasteiger partial charge on any atom is 0.328 e. The number of halogens is 1. The Morgan fingerprint density at radius 2 is 2.04 bits per heavy atom. The molecule has 0 aromatic heterocycles. The number of piperidine rings is 1. The molecule has 1 aliphatic rings. The summed E-state index contributed by atoms with van der Waals surface area (Å²) >= 11 is 5.97. The highest BCUT2D eigenvalue weighted by Gasteiger charge is 2.37. The molecule has 0 bridgehead atoms. The lowest BCUT2D eigenvalue weighted by atomic mass is 9.92. The van der Waals surface area contributed by atoms with Gasteiger partial charge in [0.25, 0.3) is 0 Å². The third-order valence-electron chi connectivity index (χ3n) is 4.48. The fourth-order valence-electron chi connectivity index (χ4n) is 3.18. The third-order valence-corrected chi connectivity index (χ3v) is 4.74. The lowest BCUT2D eigenvalue weighted by Crippen LogP contribution is -2.49. The fraction of sp³-hybridized carbons (Fsp3) is 0.579. The van der Waals surface area contributed by atoms with Gasteiger partial charge in [0.15, 0.2) is 0 Å². The molecule has 0 N–H and O–H groups in total. The van der Waals surface area contributed by atoms with Gasteiger partial charge in [0.2, 0.25) is 5.91 Å². The molecule has 1 unspecified atom stereocenters. The van der Waals surface area contributed by atoms with Crippen molar-refractivity contribution in [3.05, 3.63) is 34.9 Å². The van der Waals surface area contributed by atoms with Gasteiger partial charge in [-0.3, -0.25) is 4.79 Å². The van der Waals surface area contributed by atoms with Crippen LogP contribution in [0.3, 0.4) is 0 Å². The summed E-state index contributed by atoms with van der Waals surface area (Å²) in [6, 6.07) is 6.92. The molecule has 132 valence electrons. The van der Waals surface area contributed by atoms with E-state index in [0.717, 1.165) is 31.2 Å². The minimum atomic E-state index is -0.518. The van der Waals surface area contributed by atoms with Crippen molar-refractivity contribution in [2.75, 3.05) is 6.61 Å². The van der Waals surface area contributed by atoms with Crippen LogP contribution in [0.1, 0.15) is 64.0 Å². The van der Waals surface area contributed by atoms with Crippen molar-refractivity contribution in [2.45, 2.75) is 64.5 Å². The number of hydrogen-bond donors (Lipinski definition) is 0. The van der Waals surface area contributed by atoms with E-state index in [2.05, 4.69) is 6.92 Å². The molecule has 4 nitrogen and oxygen atoms in total. The second-order valence-electron chi connectivity index (χ2n) is 6.21. The SMILES string of the molecule is CCCCOC(=O)C(CC)N1C(=O)CCC[C@H]1c1ccc(Cl)cc1. The van der Waals surface area contributed by atoms with Crippen LogP contribution in [0.2, 0.25) is 5.02 Å². The molecule has 2 rings (SSSR count). The van der Waals surface area contributed by atoms with Crippen LogP contribution in [0, 0.1) is 0 Å². The van der Waals surface area contributed by atoms with Gasteiger partial charge in [-0.2, -0.15) is 0 Å². The van der Waals surface area contributed by atoms with Gasteiger partial charge in [-0.25, -0.2) is 4.79 Å². The minimum absolute atomic E-state index is 0.0282. The topological polar surface area (TPSA) is 46.6 Å². The maximum absolute atomic E-state index is 12.6. The Morgan fingerprint density at radius 1 is 1.33 bits per heavy atom. The number of rotatable bonds is 7. The first-order chi connectivity index (χ1) is 11.6. The highest BCUT2D eigenvalue weighted by molar-refractivity contribution is 6.30. The maximum atomic E-state index is 12.6. The van der Waals surface area contributed by atoms with Crippen molar-refractivity contribution < 1.29 is 14.3 Å². The normalized spacial score (nSPS) is 19.2. The summed E-state index contributed by atoms with van der Waals surface area (Å²) in [6.45, 7) is 4.39. The zero-order valence-electron chi connectivity index (χ0n) is 14.5. The van der Waals surface area contributed by atoms with E-state index < -0.39 is 6.04 Å². The van der Waals surface area contributed by atoms with Crippen molar-refractivity contribution in [3.63, 3.8) is 0 Å². The highest BCUT2D eigenvalue weighted by Crippen LogP contribution is 2.34. The number of carbonyl (C=O) groups is 2. The molecule has 0 spiro atoms. The van der Waals surface area contributed by atoms with Gasteiger partial charge in [0, 0.05) is 11.4 Å². The molecule has 1 aromatic rings. The van der Waals surface area contributed by atoms with Crippen LogP contribution in [0.5, 0.6) is 0 Å². The molecule has 1 amide bonds. The van der Waals surface area contributed by atoms with Crippen molar-refractivity contribution >= 4 is 23.5 Å². The third kappa shape index (κ3) is 4.50. The van der Waals surface area contributed by atoms with Crippen LogP contribution >= 0.6 is 11.6 Å². The Labute approximate surface area is 149 Å². The summed E-state index contributed by atoms with van der Waals surface area (Å²) in [5, 5.41) is 0.665. The predicted octanol–water partition coefficient (Wildman–Crippen LogP) is 4.52. The molecule has 1 fully saturated rings. The van der Waals surface area contributed by atoms with Crippen LogP contribution < -0.4 is 0 Å². The lowest BCUT2D eigenvalue weighted by molar-refractivity contribution is -0.159. The summed E-state index contributed by atoms with van der Waals surface area (Å²) in [4.78, 5) is 26.8. The molecule has 1 saturated heterocycles. The van der Waals surface area contributed by atoms with Crippen LogP contribution in [-0.4, -0.2) is 29.4 Å². The van der Waals surface area contributed by atoms with E-state index in [1.807, 2.05) is 31.2 Å². The summed E-state index contributed by atoms with van der Waals surface area (Å²) in [5.74, 6) is -0.263. The first-order valence-corrected chi connectivity index (χ1v) is 9.19. The summed E-state index contributed by atoms with van der Waals surface area (Å²) in [6.07, 6.45) is 4.55. The molecule has 0 saturated carbocycles. The molecule has 1 heterocycles. The van der Waals surface area contributed by atoms with Gasteiger partial charge in [0.1, 0.15) is 6.04 Å². The molecule has 24 heavy (non-hydrogen) atoms. The number of unbranched alkanes of at least 4 members (excludes halogenated alkanes) is 1. The lowest BCUT2D eigenvalue weighted by Gasteiger charge is -2.40. The van der Waals surface area contributed by atoms with E-state index in [-0.39, 0.29) is 17.9 Å². The predicted molar refractivity (Wildman–Crippen MR) is 94.8 cm³/mol. The number of amides is 1. The Kier molecular flexibility index (Phi) is 7.10.